The first-order valence-corrected chi connectivity index (χ1v) is 10.9. The van der Waals surface area contributed by atoms with Gasteiger partial charge in [-0.3, -0.25) is 13.8 Å². The maximum Gasteiger partial charge on any atom is 0.148 e. The van der Waals surface area contributed by atoms with E-state index in [2.05, 4.69) is 32.9 Å². The summed E-state index contributed by atoms with van der Waals surface area (Å²) < 4.78 is 12.0. The average molecular weight is 361 g/mol. The van der Waals surface area contributed by atoms with Crippen molar-refractivity contribution in [3.05, 3.63) is 34.4 Å². The number of benzene rings is 1. The molecule has 3 nitrogen and oxygen atoms in total. The molecular weight excluding hydrogens is 332 g/mol. The van der Waals surface area contributed by atoms with Gasteiger partial charge in [0.2, 0.25) is 0 Å². The van der Waals surface area contributed by atoms with Crippen molar-refractivity contribution >= 4 is 22.4 Å². The fraction of sp³-hybridized carbons (Fsp3) is 0.619. The predicted octanol–water partition coefficient (Wildman–Crippen LogP) is 3.66. The summed E-state index contributed by atoms with van der Waals surface area (Å²) in [5.74, 6) is 0.719. The van der Waals surface area contributed by atoms with Crippen molar-refractivity contribution < 1.29 is 13.8 Å². The number of hydrogen-bond acceptors (Lipinski definition) is 3. The molecule has 0 N–H and O–H groups in total. The van der Waals surface area contributed by atoms with E-state index in [0.717, 1.165) is 42.4 Å². The molecule has 136 valence electrons. The van der Waals surface area contributed by atoms with E-state index >= 15 is 0 Å². The molecule has 1 aromatic carbocycles. The minimum absolute atomic E-state index is 0.0448. The van der Waals surface area contributed by atoms with Crippen LogP contribution < -0.4 is 0 Å². The third kappa shape index (κ3) is 3.51. The van der Waals surface area contributed by atoms with Crippen LogP contribution in [0.2, 0.25) is 0 Å². The standard InChI is InChI=1S/C21H28O3S/c1-4-15-9-14(3)10-16(5-2)19(15)20-17(22)11-21(12-18(20)23)7-6-8-25(24)13-21/h9-10,20H,4-8,11-13H2,1-3H3. The maximum absolute atomic E-state index is 13.1. The summed E-state index contributed by atoms with van der Waals surface area (Å²) in [5.41, 5.74) is 4.08. The molecule has 2 fully saturated rings. The molecule has 1 heterocycles. The average Bonchev–Trinajstić information content (AvgIpc) is 2.54. The molecule has 1 atom stereocenters. The first-order chi connectivity index (χ1) is 11.9. The van der Waals surface area contributed by atoms with Crippen molar-refractivity contribution in [1.29, 1.82) is 0 Å². The Labute approximate surface area is 153 Å². The minimum Gasteiger partial charge on any atom is -0.298 e. The van der Waals surface area contributed by atoms with Gasteiger partial charge in [-0.05, 0) is 54.7 Å². The molecule has 0 amide bonds. The molecule has 1 aromatic rings. The van der Waals surface area contributed by atoms with Gasteiger partial charge in [-0.15, -0.1) is 0 Å². The van der Waals surface area contributed by atoms with Crippen molar-refractivity contribution in [2.75, 3.05) is 11.5 Å². The molecule has 0 radical (unpaired) electrons. The number of ketones is 2. The van der Waals surface area contributed by atoms with Gasteiger partial charge in [0.15, 0.2) is 0 Å². The summed E-state index contributed by atoms with van der Waals surface area (Å²) in [5, 5.41) is 0. The lowest BCUT2D eigenvalue weighted by atomic mass is 9.65. The number of carbonyl (C=O) groups excluding carboxylic acids is 2. The summed E-state index contributed by atoms with van der Waals surface area (Å²) in [6, 6.07) is 4.24. The smallest absolute Gasteiger partial charge is 0.148 e. The van der Waals surface area contributed by atoms with Crippen LogP contribution in [0.25, 0.3) is 0 Å². The molecule has 0 aromatic heterocycles. The van der Waals surface area contributed by atoms with Crippen molar-refractivity contribution in [3.63, 3.8) is 0 Å². The molecule has 1 unspecified atom stereocenters. The first kappa shape index (κ1) is 18.5. The summed E-state index contributed by atoms with van der Waals surface area (Å²) >= 11 is 0. The van der Waals surface area contributed by atoms with Gasteiger partial charge in [0.1, 0.15) is 17.5 Å². The Balaban J connectivity index is 1.99. The Bertz CT molecular complexity index is 692. The highest BCUT2D eigenvalue weighted by atomic mass is 32.2. The highest BCUT2D eigenvalue weighted by Crippen LogP contribution is 2.45. The lowest BCUT2D eigenvalue weighted by molar-refractivity contribution is -0.136. The summed E-state index contributed by atoms with van der Waals surface area (Å²) in [6.45, 7) is 6.24. The second kappa shape index (κ2) is 7.14. The Morgan fingerprint density at radius 1 is 1.08 bits per heavy atom. The van der Waals surface area contributed by atoms with Gasteiger partial charge >= 0.3 is 0 Å². The molecule has 2 aliphatic rings. The Kier molecular flexibility index (Phi) is 5.29. The van der Waals surface area contributed by atoms with Gasteiger partial charge in [0, 0.05) is 35.1 Å². The van der Waals surface area contributed by atoms with E-state index in [4.69, 9.17) is 0 Å². The third-order valence-electron chi connectivity index (χ3n) is 5.83. The van der Waals surface area contributed by atoms with Crippen molar-refractivity contribution in [2.45, 2.75) is 65.2 Å². The van der Waals surface area contributed by atoms with Crippen LogP contribution in [-0.2, 0) is 33.2 Å². The van der Waals surface area contributed by atoms with Crippen molar-refractivity contribution in [2.24, 2.45) is 5.41 Å². The van der Waals surface area contributed by atoms with Gasteiger partial charge < -0.3 is 0 Å². The van der Waals surface area contributed by atoms with Crippen LogP contribution in [0.1, 0.15) is 67.7 Å². The van der Waals surface area contributed by atoms with Crippen LogP contribution in [0.3, 0.4) is 0 Å². The molecule has 4 heteroatoms. The molecule has 1 saturated heterocycles. The van der Waals surface area contributed by atoms with Crippen LogP contribution in [0.15, 0.2) is 12.1 Å². The van der Waals surface area contributed by atoms with Crippen LogP contribution in [0.5, 0.6) is 0 Å². The SMILES string of the molecule is CCc1cc(C)cc(CC)c1C1C(=O)CC2(CCCS(=O)C2)CC1=O. The van der Waals surface area contributed by atoms with E-state index in [1.165, 1.54) is 5.56 Å². The molecule has 1 spiro atoms. The van der Waals surface area contributed by atoms with E-state index in [1.807, 2.05) is 0 Å². The van der Waals surface area contributed by atoms with Crippen LogP contribution in [0.4, 0.5) is 0 Å². The zero-order chi connectivity index (χ0) is 18.2. The third-order valence-corrected chi connectivity index (χ3v) is 7.51. The van der Waals surface area contributed by atoms with Crippen molar-refractivity contribution in [1.82, 2.24) is 0 Å². The molecule has 1 saturated carbocycles. The first-order valence-electron chi connectivity index (χ1n) is 9.42. The van der Waals surface area contributed by atoms with E-state index in [1.54, 1.807) is 0 Å². The fourth-order valence-electron chi connectivity index (χ4n) is 4.79. The molecule has 1 aliphatic carbocycles. The molecular formula is C21H28O3S. The minimum atomic E-state index is -0.882. The number of carbonyl (C=O) groups is 2. The second-order valence-corrected chi connectivity index (χ2v) is 9.39. The Morgan fingerprint density at radius 3 is 2.12 bits per heavy atom. The Hall–Kier alpha value is -1.29. The van der Waals surface area contributed by atoms with Gasteiger partial charge in [0.25, 0.3) is 0 Å². The van der Waals surface area contributed by atoms with E-state index in [9.17, 15) is 13.8 Å². The van der Waals surface area contributed by atoms with E-state index < -0.39 is 16.7 Å². The van der Waals surface area contributed by atoms with Crippen LogP contribution >= 0.6 is 0 Å². The van der Waals surface area contributed by atoms with Gasteiger partial charge in [-0.2, -0.15) is 0 Å². The number of rotatable bonds is 3. The highest BCUT2D eigenvalue weighted by molar-refractivity contribution is 7.85. The second-order valence-electron chi connectivity index (χ2n) is 7.81. The quantitative estimate of drug-likeness (QED) is 0.773. The van der Waals surface area contributed by atoms with Gasteiger partial charge in [0.05, 0.1) is 0 Å². The largest absolute Gasteiger partial charge is 0.298 e. The predicted molar refractivity (Wildman–Crippen MR) is 101 cm³/mol. The lowest BCUT2D eigenvalue weighted by Gasteiger charge is -2.41. The highest BCUT2D eigenvalue weighted by Gasteiger charge is 2.48. The number of aryl methyl sites for hydroxylation is 3. The zero-order valence-electron chi connectivity index (χ0n) is 15.5. The molecule has 25 heavy (non-hydrogen) atoms. The van der Waals surface area contributed by atoms with E-state index in [0.29, 0.717) is 24.3 Å². The lowest BCUT2D eigenvalue weighted by Crippen LogP contribution is -2.45. The van der Waals surface area contributed by atoms with E-state index in [-0.39, 0.29) is 17.0 Å². The fourth-order valence-corrected chi connectivity index (χ4v) is 6.43. The topological polar surface area (TPSA) is 51.2 Å². The van der Waals surface area contributed by atoms with Crippen molar-refractivity contribution in [3.8, 4) is 0 Å². The normalized spacial score (nSPS) is 30.0. The molecule has 3 rings (SSSR count). The monoisotopic (exact) mass is 360 g/mol. The molecule has 1 aliphatic heterocycles. The van der Waals surface area contributed by atoms with Gasteiger partial charge in [-0.1, -0.05) is 31.5 Å². The number of hydrogen-bond donors (Lipinski definition) is 0. The zero-order valence-corrected chi connectivity index (χ0v) is 16.3. The summed E-state index contributed by atoms with van der Waals surface area (Å²) in [6.07, 6.45) is 4.21. The van der Waals surface area contributed by atoms with Gasteiger partial charge in [-0.25, -0.2) is 0 Å². The summed E-state index contributed by atoms with van der Waals surface area (Å²) in [4.78, 5) is 26.2. The van der Waals surface area contributed by atoms with Crippen LogP contribution in [-0.4, -0.2) is 27.3 Å². The maximum atomic E-state index is 13.1. The Morgan fingerprint density at radius 2 is 1.64 bits per heavy atom. The summed E-state index contributed by atoms with van der Waals surface area (Å²) in [7, 11) is -0.882. The van der Waals surface area contributed by atoms with Crippen LogP contribution in [0, 0.1) is 12.3 Å². The number of Topliss-reactive ketones (excluding diaryl/α,β-unsaturated/α-hetero) is 2. The molecule has 0 bridgehead atoms.